The van der Waals surface area contributed by atoms with Crippen molar-refractivity contribution >= 4 is 59.6 Å². The lowest BCUT2D eigenvalue weighted by Gasteiger charge is -2.44. The number of hydrogen-bond acceptors (Lipinski definition) is 9. The summed E-state index contributed by atoms with van der Waals surface area (Å²) in [5.74, 6) is -1.12. The van der Waals surface area contributed by atoms with Crippen LogP contribution in [0.25, 0.3) is 0 Å². The minimum atomic E-state index is -3.77. The molecule has 0 N–H and O–H groups in total. The van der Waals surface area contributed by atoms with Gasteiger partial charge in [-0.25, -0.2) is 9.13 Å². The molecule has 4 rings (SSSR count). The minimum absolute atomic E-state index is 0.246. The Labute approximate surface area is 221 Å². The molecule has 192 valence electrons. The average Bonchev–Trinajstić information content (AvgIpc) is 2.80. The summed E-state index contributed by atoms with van der Waals surface area (Å²) in [5, 5.41) is -4.17. The van der Waals surface area contributed by atoms with Crippen molar-refractivity contribution in [1.29, 1.82) is 0 Å². The molecule has 2 saturated heterocycles. The minimum Gasteiger partial charge on any atom is -0.448 e. The van der Waals surface area contributed by atoms with E-state index in [0.717, 1.165) is 0 Å². The van der Waals surface area contributed by atoms with E-state index in [1.165, 1.54) is 0 Å². The lowest BCUT2D eigenvalue weighted by Crippen LogP contribution is -2.56. The summed E-state index contributed by atoms with van der Waals surface area (Å²) < 4.78 is 62.6. The largest absolute Gasteiger partial charge is 0.448 e. The van der Waals surface area contributed by atoms with Gasteiger partial charge in [0.1, 0.15) is 11.5 Å². The zero-order valence-electron chi connectivity index (χ0n) is 17.8. The van der Waals surface area contributed by atoms with E-state index in [1.54, 1.807) is 60.7 Å². The Kier molecular flexibility index (Phi) is 8.69. The first-order valence-electron chi connectivity index (χ1n) is 10.2. The molecule has 2 fully saturated rings. The van der Waals surface area contributed by atoms with E-state index in [2.05, 4.69) is 0 Å². The Hall–Kier alpha value is -0.540. The number of halogens is 4. The first-order chi connectivity index (χ1) is 16.5. The van der Waals surface area contributed by atoms with Crippen molar-refractivity contribution in [2.45, 2.75) is 10.5 Å². The third-order valence-corrected chi connectivity index (χ3v) is 8.90. The van der Waals surface area contributed by atoms with Crippen LogP contribution in [0.2, 0.25) is 0 Å². The molecular weight excluding hydrogens is 588 g/mol. The van der Waals surface area contributed by atoms with Gasteiger partial charge in [-0.2, -0.15) is 0 Å². The van der Waals surface area contributed by atoms with Crippen LogP contribution < -0.4 is 9.47 Å². The molecule has 2 aromatic rings. The van der Waals surface area contributed by atoms with Gasteiger partial charge in [-0.1, -0.05) is 36.4 Å². The maximum Gasteiger partial charge on any atom is 0.424 e. The number of ether oxygens (including phenoxy) is 3. The highest BCUT2D eigenvalue weighted by atomic mass is 35.7. The van der Waals surface area contributed by atoms with Crippen LogP contribution in [-0.4, -0.2) is 36.9 Å². The molecular formula is C20H20Cl4O9P2. The van der Waals surface area contributed by atoms with Gasteiger partial charge in [0.05, 0.1) is 38.3 Å². The van der Waals surface area contributed by atoms with Crippen molar-refractivity contribution in [1.82, 2.24) is 0 Å². The SMILES string of the molecule is O=P1(Cl)OCC(C(Cl)(Oc2ccccc2)OC(Cl)(Oc2ccccc2)C2COP(=O)(Cl)OC2)CO1. The molecule has 2 heterocycles. The normalized spacial score (nSPS) is 32.7. The van der Waals surface area contributed by atoms with Gasteiger partial charge in [0, 0.05) is 22.5 Å². The maximum atomic E-state index is 12.0. The number of rotatable bonds is 8. The lowest BCUT2D eigenvalue weighted by molar-refractivity contribution is -0.285. The van der Waals surface area contributed by atoms with Crippen molar-refractivity contribution in [2.24, 2.45) is 11.8 Å². The Morgan fingerprint density at radius 3 is 1.29 bits per heavy atom. The summed E-state index contributed by atoms with van der Waals surface area (Å²) >= 11 is 25.2. The fourth-order valence-corrected chi connectivity index (χ4v) is 6.10. The van der Waals surface area contributed by atoms with Crippen LogP contribution in [0.5, 0.6) is 11.5 Å². The molecule has 0 radical (unpaired) electrons. The van der Waals surface area contributed by atoms with Crippen molar-refractivity contribution < 1.29 is 41.4 Å². The fourth-order valence-electron chi connectivity index (χ4n) is 3.15. The van der Waals surface area contributed by atoms with Gasteiger partial charge >= 0.3 is 24.4 Å². The van der Waals surface area contributed by atoms with Gasteiger partial charge in [-0.3, -0.25) is 22.8 Å². The zero-order valence-corrected chi connectivity index (χ0v) is 22.6. The van der Waals surface area contributed by atoms with Gasteiger partial charge in [0.2, 0.25) is 0 Å². The van der Waals surface area contributed by atoms with Gasteiger partial charge in [-0.05, 0) is 47.5 Å². The van der Waals surface area contributed by atoms with Crippen molar-refractivity contribution in [2.75, 3.05) is 26.4 Å². The molecule has 2 aromatic carbocycles. The second-order valence-corrected chi connectivity index (χ2v) is 13.8. The van der Waals surface area contributed by atoms with Gasteiger partial charge in [-0.15, -0.1) is 0 Å². The Morgan fingerprint density at radius 2 is 0.971 bits per heavy atom. The molecule has 0 amide bonds. The molecule has 15 heteroatoms. The number of para-hydroxylation sites is 2. The molecule has 2 atom stereocenters. The predicted molar refractivity (Wildman–Crippen MR) is 130 cm³/mol. The van der Waals surface area contributed by atoms with Crippen molar-refractivity contribution in [3.63, 3.8) is 0 Å². The van der Waals surface area contributed by atoms with Crippen molar-refractivity contribution in [3.05, 3.63) is 60.7 Å². The van der Waals surface area contributed by atoms with Crippen LogP contribution >= 0.6 is 59.6 Å². The lowest BCUT2D eigenvalue weighted by atomic mass is 10.1. The third-order valence-electron chi connectivity index (χ3n) is 4.97. The Bertz CT molecular complexity index is 989. The van der Waals surface area contributed by atoms with E-state index in [-0.39, 0.29) is 26.4 Å². The van der Waals surface area contributed by atoms with Gasteiger partial charge in [0.25, 0.3) is 0 Å². The van der Waals surface area contributed by atoms with Gasteiger partial charge in [0.15, 0.2) is 0 Å². The molecule has 0 aromatic heterocycles. The molecule has 2 aliphatic rings. The zero-order chi connectivity index (χ0) is 25.2. The maximum absolute atomic E-state index is 12.0. The summed E-state index contributed by atoms with van der Waals surface area (Å²) in [6.07, 6.45) is 0. The predicted octanol–water partition coefficient (Wildman–Crippen LogP) is 6.97. The van der Waals surface area contributed by atoms with E-state index in [9.17, 15) is 9.13 Å². The number of benzene rings is 2. The highest BCUT2D eigenvalue weighted by molar-refractivity contribution is 7.81. The molecule has 0 aliphatic carbocycles. The smallest absolute Gasteiger partial charge is 0.424 e. The summed E-state index contributed by atoms with van der Waals surface area (Å²) in [6, 6.07) is 17.0. The second kappa shape index (κ2) is 11.1. The molecule has 2 aliphatic heterocycles. The first-order valence-corrected chi connectivity index (χ1v) is 15.9. The second-order valence-electron chi connectivity index (χ2n) is 7.54. The van der Waals surface area contributed by atoms with E-state index in [1.807, 2.05) is 0 Å². The molecule has 0 saturated carbocycles. The summed E-state index contributed by atoms with van der Waals surface area (Å²) in [4.78, 5) is 0. The van der Waals surface area contributed by atoms with E-state index >= 15 is 0 Å². The first kappa shape index (κ1) is 27.5. The molecule has 35 heavy (non-hydrogen) atoms. The van der Waals surface area contributed by atoms with Crippen molar-refractivity contribution in [3.8, 4) is 11.5 Å². The molecule has 0 spiro atoms. The van der Waals surface area contributed by atoms with Crippen LogP contribution in [0.3, 0.4) is 0 Å². The quantitative estimate of drug-likeness (QED) is 0.179. The monoisotopic (exact) mass is 606 g/mol. The van der Waals surface area contributed by atoms with E-state index in [4.69, 9.17) is 78.0 Å². The van der Waals surface area contributed by atoms with Crippen LogP contribution in [-0.2, 0) is 32.0 Å². The topological polar surface area (TPSA) is 98.8 Å². The molecule has 9 nitrogen and oxygen atoms in total. The van der Waals surface area contributed by atoms with Crippen LogP contribution in [0.15, 0.2) is 60.7 Å². The van der Waals surface area contributed by atoms with Crippen LogP contribution in [0.1, 0.15) is 0 Å². The van der Waals surface area contributed by atoms with Crippen LogP contribution in [0.4, 0.5) is 0 Å². The van der Waals surface area contributed by atoms with Crippen LogP contribution in [0, 0.1) is 11.8 Å². The third kappa shape index (κ3) is 7.28. The average molecular weight is 608 g/mol. The highest BCUT2D eigenvalue weighted by Gasteiger charge is 2.56. The number of alkyl halides is 2. The molecule has 2 unspecified atom stereocenters. The highest BCUT2D eigenvalue weighted by Crippen LogP contribution is 2.59. The summed E-state index contributed by atoms with van der Waals surface area (Å²) in [7, 11) is 0. The summed E-state index contributed by atoms with van der Waals surface area (Å²) in [6.45, 7) is -8.52. The Morgan fingerprint density at radius 1 is 0.657 bits per heavy atom. The summed E-state index contributed by atoms with van der Waals surface area (Å²) in [5.41, 5.74) is 0. The van der Waals surface area contributed by atoms with Gasteiger partial charge < -0.3 is 9.47 Å². The van der Waals surface area contributed by atoms with E-state index in [0.29, 0.717) is 11.5 Å². The standard InChI is InChI=1S/C20H20Cl4O9P2/c21-19(31-17-7-3-1-4-8-17,15-11-27-34(23,25)28-12-15)33-20(22,32-18-9-5-2-6-10-18)16-13-29-35(24,26)30-14-16/h1-10,15-16H,11-14H2. The number of hydrogen-bond donors (Lipinski definition) is 0. The Balaban J connectivity index is 1.67. The van der Waals surface area contributed by atoms with E-state index < -0.39 is 36.2 Å². The fraction of sp³-hybridized carbons (Fsp3) is 0.400. The molecule has 0 bridgehead atoms.